The van der Waals surface area contributed by atoms with Gasteiger partial charge in [0, 0.05) is 17.0 Å². The first-order chi connectivity index (χ1) is 6.59. The molecule has 2 rings (SSSR count). The minimum atomic E-state index is -0.425. The van der Waals surface area contributed by atoms with E-state index in [4.69, 9.17) is 28.9 Å². The third-order valence-corrected chi connectivity index (χ3v) is 3.43. The maximum absolute atomic E-state index is 13.2. The third kappa shape index (κ3) is 1.52. The van der Waals surface area contributed by atoms with E-state index >= 15 is 0 Å². The molecular weight excluding hydrogens is 224 g/mol. The molecule has 2 N–H and O–H groups in total. The van der Waals surface area contributed by atoms with Gasteiger partial charge in [-0.25, -0.2) is 4.39 Å². The summed E-state index contributed by atoms with van der Waals surface area (Å²) in [6.45, 7) is 0.508. The Kier molecular flexibility index (Phi) is 2.46. The van der Waals surface area contributed by atoms with Crippen LogP contribution < -0.4 is 5.73 Å². The predicted molar refractivity (Wildman–Crippen MR) is 56.4 cm³/mol. The average molecular weight is 234 g/mol. The van der Waals surface area contributed by atoms with Gasteiger partial charge in [-0.15, -0.1) is 0 Å². The van der Waals surface area contributed by atoms with Gasteiger partial charge in [-0.05, 0) is 30.5 Å². The molecule has 0 aromatic heterocycles. The number of nitrogens with two attached hydrogens (primary N) is 1. The fraction of sp³-hybridized carbons (Fsp3) is 0.400. The first-order valence-corrected chi connectivity index (χ1v) is 5.20. The summed E-state index contributed by atoms with van der Waals surface area (Å²) in [7, 11) is 0. The maximum atomic E-state index is 13.2. The van der Waals surface area contributed by atoms with Crippen molar-refractivity contribution in [1.82, 2.24) is 0 Å². The molecule has 76 valence electrons. The fourth-order valence-corrected chi connectivity index (χ4v) is 2.25. The lowest BCUT2D eigenvalue weighted by Gasteiger charge is -2.15. The number of hydrogen-bond donors (Lipinski definition) is 1. The van der Waals surface area contributed by atoms with Gasteiger partial charge in [0.25, 0.3) is 0 Å². The van der Waals surface area contributed by atoms with Crippen molar-refractivity contribution in [3.05, 3.63) is 33.6 Å². The topological polar surface area (TPSA) is 26.0 Å². The zero-order valence-corrected chi connectivity index (χ0v) is 9.00. The van der Waals surface area contributed by atoms with Crippen molar-refractivity contribution in [1.29, 1.82) is 0 Å². The Labute approximate surface area is 92.0 Å². The molecule has 0 atom stereocenters. The largest absolute Gasteiger partial charge is 0.330 e. The van der Waals surface area contributed by atoms with E-state index in [-0.39, 0.29) is 10.4 Å². The Morgan fingerprint density at radius 3 is 2.43 bits per heavy atom. The molecule has 1 nitrogen and oxygen atoms in total. The van der Waals surface area contributed by atoms with Crippen LogP contribution in [0.25, 0.3) is 0 Å². The van der Waals surface area contributed by atoms with Crippen LogP contribution in [0, 0.1) is 5.82 Å². The lowest BCUT2D eigenvalue weighted by Crippen LogP contribution is -2.20. The summed E-state index contributed by atoms with van der Waals surface area (Å²) in [6.07, 6.45) is 1.95. The van der Waals surface area contributed by atoms with Gasteiger partial charge >= 0.3 is 0 Å². The van der Waals surface area contributed by atoms with E-state index in [1.165, 1.54) is 12.1 Å². The van der Waals surface area contributed by atoms with Gasteiger partial charge in [-0.2, -0.15) is 0 Å². The standard InChI is InChI=1S/C10H10Cl2FN/c11-7-4-8(12)9(13)3-6(7)10(5-14)1-2-10/h3-4H,1-2,5,14H2. The maximum Gasteiger partial charge on any atom is 0.142 e. The minimum Gasteiger partial charge on any atom is -0.330 e. The predicted octanol–water partition coefficient (Wildman–Crippen LogP) is 3.12. The Morgan fingerprint density at radius 1 is 1.29 bits per heavy atom. The number of rotatable bonds is 2. The summed E-state index contributed by atoms with van der Waals surface area (Å²) in [4.78, 5) is 0. The van der Waals surface area contributed by atoms with E-state index in [1.54, 1.807) is 0 Å². The van der Waals surface area contributed by atoms with Crippen LogP contribution in [-0.2, 0) is 5.41 Å². The Balaban J connectivity index is 2.49. The summed E-state index contributed by atoms with van der Waals surface area (Å²) >= 11 is 11.6. The lowest BCUT2D eigenvalue weighted by molar-refractivity contribution is 0.617. The number of halogens is 3. The summed E-state index contributed by atoms with van der Waals surface area (Å²) < 4.78 is 13.2. The van der Waals surface area contributed by atoms with Crippen LogP contribution in [-0.4, -0.2) is 6.54 Å². The van der Waals surface area contributed by atoms with Crippen LogP contribution >= 0.6 is 23.2 Å². The molecule has 0 amide bonds. The molecule has 0 aliphatic heterocycles. The average Bonchev–Trinajstić information content (AvgIpc) is 2.92. The van der Waals surface area contributed by atoms with Gasteiger partial charge in [-0.1, -0.05) is 23.2 Å². The van der Waals surface area contributed by atoms with Crippen molar-refractivity contribution < 1.29 is 4.39 Å². The molecule has 1 aromatic rings. The number of benzene rings is 1. The van der Waals surface area contributed by atoms with Crippen molar-refractivity contribution in [3.8, 4) is 0 Å². The van der Waals surface area contributed by atoms with E-state index < -0.39 is 5.82 Å². The van der Waals surface area contributed by atoms with Crippen LogP contribution in [0.3, 0.4) is 0 Å². The first-order valence-electron chi connectivity index (χ1n) is 4.44. The molecule has 1 fully saturated rings. The summed E-state index contributed by atoms with van der Waals surface area (Å²) in [5.74, 6) is -0.425. The molecule has 1 aromatic carbocycles. The highest BCUT2D eigenvalue weighted by Crippen LogP contribution is 2.50. The molecule has 0 unspecified atom stereocenters. The SMILES string of the molecule is NCC1(c2cc(F)c(Cl)cc2Cl)CC1. The first kappa shape index (κ1) is 10.2. The van der Waals surface area contributed by atoms with Crippen LogP contribution in [0.15, 0.2) is 12.1 Å². The van der Waals surface area contributed by atoms with Crippen LogP contribution in [0.2, 0.25) is 10.0 Å². The van der Waals surface area contributed by atoms with E-state index in [0.29, 0.717) is 11.6 Å². The highest BCUT2D eigenvalue weighted by atomic mass is 35.5. The van der Waals surface area contributed by atoms with Crippen LogP contribution in [0.4, 0.5) is 4.39 Å². The third-order valence-electron chi connectivity index (χ3n) is 2.83. The van der Waals surface area contributed by atoms with Gasteiger partial charge in [-0.3, -0.25) is 0 Å². The van der Waals surface area contributed by atoms with Gasteiger partial charge in [0.05, 0.1) is 5.02 Å². The van der Waals surface area contributed by atoms with Crippen molar-refractivity contribution in [2.75, 3.05) is 6.54 Å². The Hall–Kier alpha value is -0.310. The van der Waals surface area contributed by atoms with E-state index in [2.05, 4.69) is 0 Å². The highest BCUT2D eigenvalue weighted by molar-refractivity contribution is 6.35. The summed E-state index contributed by atoms with van der Waals surface area (Å²) in [5.41, 5.74) is 6.34. The van der Waals surface area contributed by atoms with E-state index in [1.807, 2.05) is 0 Å². The molecule has 1 saturated carbocycles. The van der Waals surface area contributed by atoms with Gasteiger partial charge < -0.3 is 5.73 Å². The minimum absolute atomic E-state index is 0.0616. The molecule has 1 aliphatic carbocycles. The van der Waals surface area contributed by atoms with Gasteiger partial charge in [0.1, 0.15) is 5.82 Å². The smallest absolute Gasteiger partial charge is 0.142 e. The molecule has 0 saturated heterocycles. The molecule has 1 aliphatic rings. The Morgan fingerprint density at radius 2 is 1.93 bits per heavy atom. The van der Waals surface area contributed by atoms with Crippen molar-refractivity contribution in [2.45, 2.75) is 18.3 Å². The zero-order chi connectivity index (χ0) is 10.3. The molecular formula is C10H10Cl2FN. The molecule has 14 heavy (non-hydrogen) atoms. The summed E-state index contributed by atoms with van der Waals surface area (Å²) in [6, 6.07) is 2.86. The normalized spacial score (nSPS) is 18.3. The Bertz CT molecular complexity index is 375. The highest BCUT2D eigenvalue weighted by Gasteiger charge is 2.44. The van der Waals surface area contributed by atoms with Crippen molar-refractivity contribution in [2.24, 2.45) is 5.73 Å². The quantitative estimate of drug-likeness (QED) is 0.781. The van der Waals surface area contributed by atoms with Gasteiger partial charge in [0.15, 0.2) is 0 Å². The molecule has 0 heterocycles. The lowest BCUT2D eigenvalue weighted by atomic mass is 9.96. The second-order valence-corrected chi connectivity index (χ2v) is 4.55. The van der Waals surface area contributed by atoms with Crippen LogP contribution in [0.5, 0.6) is 0 Å². The number of hydrogen-bond acceptors (Lipinski definition) is 1. The molecule has 0 bridgehead atoms. The zero-order valence-electron chi connectivity index (χ0n) is 7.49. The second-order valence-electron chi connectivity index (χ2n) is 3.73. The molecule has 0 radical (unpaired) electrons. The monoisotopic (exact) mass is 233 g/mol. The molecule has 0 spiro atoms. The molecule has 4 heteroatoms. The van der Waals surface area contributed by atoms with Crippen LogP contribution in [0.1, 0.15) is 18.4 Å². The van der Waals surface area contributed by atoms with E-state index in [9.17, 15) is 4.39 Å². The second kappa shape index (κ2) is 3.37. The van der Waals surface area contributed by atoms with E-state index in [0.717, 1.165) is 18.4 Å². The van der Waals surface area contributed by atoms with Crippen molar-refractivity contribution >= 4 is 23.2 Å². The fourth-order valence-electron chi connectivity index (χ4n) is 1.66. The van der Waals surface area contributed by atoms with Crippen molar-refractivity contribution in [3.63, 3.8) is 0 Å². The van der Waals surface area contributed by atoms with Gasteiger partial charge in [0.2, 0.25) is 0 Å². The summed E-state index contributed by atoms with van der Waals surface area (Å²) in [5, 5.41) is 0.575.